The van der Waals surface area contributed by atoms with E-state index in [-0.39, 0.29) is 11.6 Å². The van der Waals surface area contributed by atoms with Gasteiger partial charge in [-0.1, -0.05) is 0 Å². The summed E-state index contributed by atoms with van der Waals surface area (Å²) in [4.78, 5) is 25.9. The topological polar surface area (TPSA) is 77.8 Å². The van der Waals surface area contributed by atoms with Gasteiger partial charge in [0.05, 0.1) is 12.2 Å². The number of rotatable bonds is 2. The Morgan fingerprint density at radius 1 is 1.73 bits per heavy atom. The number of amides is 1. The van der Waals surface area contributed by atoms with Gasteiger partial charge < -0.3 is 15.3 Å². The summed E-state index contributed by atoms with van der Waals surface area (Å²) in [7, 11) is 0. The Labute approximate surface area is 62.8 Å². The quantitative estimate of drug-likeness (QED) is 0.530. The first kappa shape index (κ1) is 7.59. The van der Waals surface area contributed by atoms with Gasteiger partial charge in [-0.3, -0.25) is 4.79 Å². The van der Waals surface area contributed by atoms with Gasteiger partial charge in [-0.05, 0) is 0 Å². The van der Waals surface area contributed by atoms with Gasteiger partial charge in [0.1, 0.15) is 0 Å². The predicted molar refractivity (Wildman–Crippen MR) is 38.9 cm³/mol. The number of hydrogen-bond acceptors (Lipinski definition) is 2. The van der Waals surface area contributed by atoms with E-state index >= 15 is 0 Å². The molecule has 11 heavy (non-hydrogen) atoms. The highest BCUT2D eigenvalue weighted by Gasteiger charge is 1.95. The van der Waals surface area contributed by atoms with Crippen LogP contribution in [0.15, 0.2) is 11.0 Å². The molecule has 5 heteroatoms. The number of carbonyl (C=O) groups is 1. The summed E-state index contributed by atoms with van der Waals surface area (Å²) in [5.41, 5.74) is 0.413. The number of nitrogens with one attached hydrogen (secondary N) is 3. The van der Waals surface area contributed by atoms with E-state index in [0.29, 0.717) is 12.2 Å². The van der Waals surface area contributed by atoms with E-state index in [0.717, 1.165) is 0 Å². The molecule has 0 aliphatic carbocycles. The molecule has 0 spiro atoms. The standard InChI is InChI=1S/C6H9N3O2/c1-4(10)7-2-5-3-8-6(11)9-5/h3H,2H2,1H3,(H,7,10)(H2,8,9,11). The van der Waals surface area contributed by atoms with E-state index in [9.17, 15) is 9.59 Å². The van der Waals surface area contributed by atoms with Gasteiger partial charge in [-0.15, -0.1) is 0 Å². The van der Waals surface area contributed by atoms with Crippen LogP contribution in [-0.4, -0.2) is 15.9 Å². The third kappa shape index (κ3) is 2.29. The number of carbonyl (C=O) groups excluding carboxylic acids is 1. The van der Waals surface area contributed by atoms with Gasteiger partial charge in [0.2, 0.25) is 5.91 Å². The van der Waals surface area contributed by atoms with Crippen molar-refractivity contribution >= 4 is 5.91 Å². The Kier molecular flexibility index (Phi) is 2.10. The maximum absolute atomic E-state index is 10.5. The van der Waals surface area contributed by atoms with Crippen LogP contribution >= 0.6 is 0 Å². The Balaban J connectivity index is 2.51. The first-order valence-electron chi connectivity index (χ1n) is 3.19. The maximum Gasteiger partial charge on any atom is 0.323 e. The molecular formula is C6H9N3O2. The molecule has 0 fully saturated rings. The average molecular weight is 155 g/mol. The number of hydrogen-bond donors (Lipinski definition) is 3. The molecule has 0 atom stereocenters. The lowest BCUT2D eigenvalue weighted by Gasteiger charge is -1.95. The van der Waals surface area contributed by atoms with Crippen LogP contribution in [-0.2, 0) is 11.3 Å². The molecule has 1 aromatic rings. The zero-order valence-corrected chi connectivity index (χ0v) is 6.10. The number of imidazole rings is 1. The number of aromatic amines is 2. The van der Waals surface area contributed by atoms with E-state index in [4.69, 9.17) is 0 Å². The summed E-state index contributed by atoms with van der Waals surface area (Å²) >= 11 is 0. The van der Waals surface area contributed by atoms with Gasteiger partial charge in [0.25, 0.3) is 0 Å². The zero-order valence-electron chi connectivity index (χ0n) is 6.10. The second kappa shape index (κ2) is 3.05. The maximum atomic E-state index is 10.5. The molecule has 1 rings (SSSR count). The lowest BCUT2D eigenvalue weighted by molar-refractivity contribution is -0.119. The largest absolute Gasteiger partial charge is 0.351 e. The van der Waals surface area contributed by atoms with Crippen molar-refractivity contribution in [3.05, 3.63) is 22.4 Å². The smallest absolute Gasteiger partial charge is 0.323 e. The van der Waals surface area contributed by atoms with E-state index in [1.807, 2.05) is 0 Å². The SMILES string of the molecule is CC(=O)NCc1c[nH]c(=O)[nH]1. The molecular weight excluding hydrogens is 146 g/mol. The Bertz CT molecular complexity index is 299. The second-order valence-corrected chi connectivity index (χ2v) is 2.18. The van der Waals surface area contributed by atoms with E-state index < -0.39 is 0 Å². The molecule has 3 N–H and O–H groups in total. The van der Waals surface area contributed by atoms with Crippen LogP contribution in [0.1, 0.15) is 12.6 Å². The minimum atomic E-state index is -0.259. The summed E-state index contributed by atoms with van der Waals surface area (Å²) in [6.07, 6.45) is 1.53. The van der Waals surface area contributed by atoms with Crippen molar-refractivity contribution in [1.82, 2.24) is 15.3 Å². The fourth-order valence-electron chi connectivity index (χ4n) is 0.686. The van der Waals surface area contributed by atoms with Crippen molar-refractivity contribution < 1.29 is 4.79 Å². The van der Waals surface area contributed by atoms with Crippen LogP contribution in [0.4, 0.5) is 0 Å². The summed E-state index contributed by atoms with van der Waals surface area (Å²) in [6, 6.07) is 0. The van der Waals surface area contributed by atoms with E-state index in [2.05, 4.69) is 15.3 Å². The summed E-state index contributed by atoms with van der Waals surface area (Å²) < 4.78 is 0. The Hall–Kier alpha value is -1.52. The molecule has 60 valence electrons. The average Bonchev–Trinajstić information content (AvgIpc) is 2.31. The predicted octanol–water partition coefficient (Wildman–Crippen LogP) is -0.661. The second-order valence-electron chi connectivity index (χ2n) is 2.18. The van der Waals surface area contributed by atoms with Crippen LogP contribution < -0.4 is 11.0 Å². The fraction of sp³-hybridized carbons (Fsp3) is 0.333. The first-order chi connectivity index (χ1) is 5.18. The molecule has 1 amide bonds. The number of aromatic nitrogens is 2. The van der Waals surface area contributed by atoms with Gasteiger partial charge in [-0.2, -0.15) is 0 Å². The summed E-state index contributed by atoms with van der Waals surface area (Å²) in [5, 5.41) is 2.55. The lowest BCUT2D eigenvalue weighted by Crippen LogP contribution is -2.19. The zero-order chi connectivity index (χ0) is 8.27. The molecule has 0 radical (unpaired) electrons. The molecule has 0 saturated carbocycles. The minimum Gasteiger partial charge on any atom is -0.351 e. The van der Waals surface area contributed by atoms with Crippen molar-refractivity contribution in [2.75, 3.05) is 0 Å². The van der Waals surface area contributed by atoms with Crippen molar-refractivity contribution in [1.29, 1.82) is 0 Å². The Morgan fingerprint density at radius 2 is 2.45 bits per heavy atom. The highest BCUT2D eigenvalue weighted by Crippen LogP contribution is 1.84. The molecule has 0 aliphatic heterocycles. The summed E-state index contributed by atoms with van der Waals surface area (Å²) in [6.45, 7) is 1.78. The van der Waals surface area contributed by atoms with Crippen LogP contribution in [0.25, 0.3) is 0 Å². The van der Waals surface area contributed by atoms with Gasteiger partial charge in [0.15, 0.2) is 0 Å². The summed E-state index contributed by atoms with van der Waals surface area (Å²) in [5.74, 6) is -0.118. The van der Waals surface area contributed by atoms with Crippen molar-refractivity contribution in [3.8, 4) is 0 Å². The first-order valence-corrected chi connectivity index (χ1v) is 3.19. The van der Waals surface area contributed by atoms with E-state index in [1.165, 1.54) is 13.1 Å². The molecule has 0 aliphatic rings. The van der Waals surface area contributed by atoms with Crippen LogP contribution in [0.2, 0.25) is 0 Å². The highest BCUT2D eigenvalue weighted by atomic mass is 16.1. The molecule has 0 unspecified atom stereocenters. The normalized spacial score (nSPS) is 9.55. The molecule has 1 heterocycles. The molecule has 0 saturated heterocycles. The van der Waals surface area contributed by atoms with Crippen LogP contribution in [0.3, 0.4) is 0 Å². The minimum absolute atomic E-state index is 0.118. The van der Waals surface area contributed by atoms with Crippen molar-refractivity contribution in [2.24, 2.45) is 0 Å². The van der Waals surface area contributed by atoms with Crippen LogP contribution in [0.5, 0.6) is 0 Å². The lowest BCUT2D eigenvalue weighted by atomic mass is 10.5. The molecule has 5 nitrogen and oxygen atoms in total. The monoisotopic (exact) mass is 155 g/mol. The van der Waals surface area contributed by atoms with Crippen LogP contribution in [0, 0.1) is 0 Å². The van der Waals surface area contributed by atoms with Gasteiger partial charge in [0, 0.05) is 13.1 Å². The van der Waals surface area contributed by atoms with Gasteiger partial charge in [-0.25, -0.2) is 4.79 Å². The third-order valence-corrected chi connectivity index (χ3v) is 1.18. The van der Waals surface area contributed by atoms with Gasteiger partial charge >= 0.3 is 5.69 Å². The molecule has 0 bridgehead atoms. The fourth-order valence-corrected chi connectivity index (χ4v) is 0.686. The molecule has 1 aromatic heterocycles. The molecule has 0 aromatic carbocycles. The van der Waals surface area contributed by atoms with Crippen molar-refractivity contribution in [2.45, 2.75) is 13.5 Å². The highest BCUT2D eigenvalue weighted by molar-refractivity contribution is 5.72. The third-order valence-electron chi connectivity index (χ3n) is 1.18. The Morgan fingerprint density at radius 3 is 2.91 bits per heavy atom. The number of H-pyrrole nitrogens is 2. The van der Waals surface area contributed by atoms with E-state index in [1.54, 1.807) is 0 Å². The van der Waals surface area contributed by atoms with Crippen molar-refractivity contribution in [3.63, 3.8) is 0 Å².